The van der Waals surface area contributed by atoms with Crippen LogP contribution in [-0.2, 0) is 6.54 Å². The largest absolute Gasteiger partial charge is 0.276 e. The molecule has 116 valence electrons. The fourth-order valence-electron chi connectivity index (χ4n) is 2.49. The number of hydrogen-bond donors (Lipinski definition) is 0. The molecule has 0 spiro atoms. The maximum Gasteiger partial charge on any atom is 0.276 e. The summed E-state index contributed by atoms with van der Waals surface area (Å²) in [7, 11) is 0. The molecule has 0 aliphatic carbocycles. The molecule has 1 aromatic heterocycles. The van der Waals surface area contributed by atoms with Gasteiger partial charge in [0.2, 0.25) is 10.5 Å². The van der Waals surface area contributed by atoms with E-state index in [0.717, 1.165) is 21.3 Å². The molecule has 3 aromatic rings. The highest BCUT2D eigenvalue weighted by Gasteiger charge is 2.21. The van der Waals surface area contributed by atoms with Gasteiger partial charge in [0.1, 0.15) is 4.70 Å². The van der Waals surface area contributed by atoms with Gasteiger partial charge in [0.15, 0.2) is 6.54 Å². The standard InChI is InChI=1S/C15H12N3O4S/c1-10-16(14-4-2-3-5-15(14)23-10)9-11-6-12(17(19)20)8-13(7-11)18(21)22/h2-8H,9H2,1H3/q+1. The van der Waals surface area contributed by atoms with Gasteiger partial charge < -0.3 is 0 Å². The molecule has 8 heteroatoms. The lowest BCUT2D eigenvalue weighted by atomic mass is 10.1. The second kappa shape index (κ2) is 5.73. The van der Waals surface area contributed by atoms with Gasteiger partial charge in [-0.3, -0.25) is 20.2 Å². The van der Waals surface area contributed by atoms with Crippen LogP contribution in [-0.4, -0.2) is 9.85 Å². The minimum absolute atomic E-state index is 0.271. The first kappa shape index (κ1) is 15.0. The number of para-hydroxylation sites is 1. The van der Waals surface area contributed by atoms with E-state index in [-0.39, 0.29) is 11.4 Å². The van der Waals surface area contributed by atoms with Gasteiger partial charge in [0.25, 0.3) is 11.4 Å². The number of non-ortho nitro benzene ring substituents is 2. The normalized spacial score (nSPS) is 10.8. The van der Waals surface area contributed by atoms with E-state index >= 15 is 0 Å². The Balaban J connectivity index is 2.09. The third kappa shape index (κ3) is 2.88. The van der Waals surface area contributed by atoms with Gasteiger partial charge in [-0.05, 0) is 6.07 Å². The maximum absolute atomic E-state index is 11.0. The lowest BCUT2D eigenvalue weighted by molar-refractivity contribution is -0.664. The number of nitrogens with zero attached hydrogens (tertiary/aromatic N) is 3. The molecule has 0 fully saturated rings. The van der Waals surface area contributed by atoms with Crippen molar-refractivity contribution in [1.82, 2.24) is 0 Å². The Hall–Kier alpha value is -2.87. The Kier molecular flexibility index (Phi) is 3.75. The Bertz CT molecular complexity index is 903. The van der Waals surface area contributed by atoms with Crippen molar-refractivity contribution in [3.8, 4) is 0 Å². The summed E-state index contributed by atoms with van der Waals surface area (Å²) in [5.41, 5.74) is 0.991. The number of aryl methyl sites for hydroxylation is 1. The van der Waals surface area contributed by atoms with Gasteiger partial charge in [-0.2, -0.15) is 4.57 Å². The summed E-state index contributed by atoms with van der Waals surface area (Å²) in [6.07, 6.45) is 0. The average Bonchev–Trinajstić information content (AvgIpc) is 2.83. The fraction of sp³-hybridized carbons (Fsp3) is 0.133. The summed E-state index contributed by atoms with van der Waals surface area (Å²) in [5, 5.41) is 23.0. The number of thiazole rings is 1. The van der Waals surface area contributed by atoms with Crippen LogP contribution in [0, 0.1) is 27.2 Å². The van der Waals surface area contributed by atoms with E-state index in [1.165, 1.54) is 12.1 Å². The van der Waals surface area contributed by atoms with Crippen LogP contribution in [0.2, 0.25) is 0 Å². The monoisotopic (exact) mass is 330 g/mol. The van der Waals surface area contributed by atoms with Gasteiger partial charge in [-0.15, -0.1) is 0 Å². The molecule has 0 saturated heterocycles. The summed E-state index contributed by atoms with van der Waals surface area (Å²) in [6.45, 7) is 2.30. The van der Waals surface area contributed by atoms with Crippen LogP contribution in [0.5, 0.6) is 0 Å². The molecule has 0 saturated carbocycles. The highest BCUT2D eigenvalue weighted by atomic mass is 32.1. The van der Waals surface area contributed by atoms with E-state index in [2.05, 4.69) is 0 Å². The van der Waals surface area contributed by atoms with Crippen molar-refractivity contribution in [2.24, 2.45) is 0 Å². The van der Waals surface area contributed by atoms with Crippen LogP contribution >= 0.6 is 11.3 Å². The van der Waals surface area contributed by atoms with Crippen LogP contribution in [0.3, 0.4) is 0 Å². The topological polar surface area (TPSA) is 90.2 Å². The predicted molar refractivity (Wildman–Crippen MR) is 85.6 cm³/mol. The lowest BCUT2D eigenvalue weighted by Gasteiger charge is -2.00. The molecule has 3 rings (SSSR count). The zero-order valence-electron chi connectivity index (χ0n) is 12.1. The number of benzene rings is 2. The zero-order valence-corrected chi connectivity index (χ0v) is 12.9. The molecule has 0 unspecified atom stereocenters. The first-order chi connectivity index (χ1) is 11.0. The van der Waals surface area contributed by atoms with Crippen molar-refractivity contribution >= 4 is 32.9 Å². The summed E-state index contributed by atoms with van der Waals surface area (Å²) in [4.78, 5) is 20.8. The van der Waals surface area contributed by atoms with E-state index in [0.29, 0.717) is 12.1 Å². The Morgan fingerprint density at radius 2 is 1.65 bits per heavy atom. The van der Waals surface area contributed by atoms with Crippen LogP contribution < -0.4 is 4.57 Å². The van der Waals surface area contributed by atoms with Crippen LogP contribution in [0.15, 0.2) is 42.5 Å². The summed E-state index contributed by atoms with van der Waals surface area (Å²) < 4.78 is 3.10. The summed E-state index contributed by atoms with van der Waals surface area (Å²) in [6, 6.07) is 11.6. The number of hydrogen-bond acceptors (Lipinski definition) is 5. The van der Waals surface area contributed by atoms with E-state index in [9.17, 15) is 20.2 Å². The van der Waals surface area contributed by atoms with E-state index < -0.39 is 9.85 Å². The molecule has 0 N–H and O–H groups in total. The SMILES string of the molecule is Cc1sc2ccccc2[n+]1Cc1cc([N+](=O)[O-])cc([N+](=O)[O-])c1. The Morgan fingerprint density at radius 1 is 1.04 bits per heavy atom. The van der Waals surface area contributed by atoms with Crippen LogP contribution in [0.1, 0.15) is 10.6 Å². The van der Waals surface area contributed by atoms with Crippen LogP contribution in [0.4, 0.5) is 11.4 Å². The van der Waals surface area contributed by atoms with E-state index in [1.54, 1.807) is 11.3 Å². The summed E-state index contributed by atoms with van der Waals surface area (Å²) >= 11 is 1.61. The molecule has 0 aliphatic rings. The summed E-state index contributed by atoms with van der Waals surface area (Å²) in [5.74, 6) is 0. The van der Waals surface area contributed by atoms with Crippen molar-refractivity contribution in [3.63, 3.8) is 0 Å². The van der Waals surface area contributed by atoms with Gasteiger partial charge in [0, 0.05) is 30.7 Å². The molecule has 23 heavy (non-hydrogen) atoms. The second-order valence-electron chi connectivity index (χ2n) is 5.05. The average molecular weight is 330 g/mol. The number of nitro benzene ring substituents is 2. The predicted octanol–water partition coefficient (Wildman–Crippen LogP) is 3.36. The smallest absolute Gasteiger partial charge is 0.258 e. The van der Waals surface area contributed by atoms with Crippen molar-refractivity contribution < 1.29 is 14.4 Å². The molecular formula is C15H12N3O4S+. The molecule has 0 radical (unpaired) electrons. The fourth-order valence-corrected chi connectivity index (χ4v) is 3.51. The minimum Gasteiger partial charge on any atom is -0.258 e. The van der Waals surface area contributed by atoms with Crippen molar-refractivity contribution in [1.29, 1.82) is 0 Å². The molecule has 0 bridgehead atoms. The van der Waals surface area contributed by atoms with Gasteiger partial charge in [0.05, 0.1) is 15.9 Å². The third-order valence-corrected chi connectivity index (χ3v) is 4.60. The quantitative estimate of drug-likeness (QED) is 0.417. The highest BCUT2D eigenvalue weighted by Crippen LogP contribution is 2.24. The van der Waals surface area contributed by atoms with Crippen LogP contribution in [0.25, 0.3) is 10.2 Å². The molecule has 7 nitrogen and oxygen atoms in total. The molecule has 2 aromatic carbocycles. The molecule has 0 amide bonds. The highest BCUT2D eigenvalue weighted by molar-refractivity contribution is 7.18. The number of rotatable bonds is 4. The molecule has 1 heterocycles. The first-order valence-corrected chi connectivity index (χ1v) is 7.58. The van der Waals surface area contributed by atoms with E-state index in [4.69, 9.17) is 0 Å². The van der Waals surface area contributed by atoms with Crippen molar-refractivity contribution in [2.45, 2.75) is 13.5 Å². The van der Waals surface area contributed by atoms with Gasteiger partial charge in [-0.1, -0.05) is 23.5 Å². The first-order valence-electron chi connectivity index (χ1n) is 6.76. The van der Waals surface area contributed by atoms with Crippen molar-refractivity contribution in [3.05, 3.63) is 73.3 Å². The second-order valence-corrected chi connectivity index (χ2v) is 6.28. The lowest BCUT2D eigenvalue weighted by Crippen LogP contribution is -2.35. The third-order valence-electron chi connectivity index (χ3n) is 3.52. The number of nitro groups is 2. The molecular weight excluding hydrogens is 318 g/mol. The minimum atomic E-state index is -0.611. The van der Waals surface area contributed by atoms with Crippen molar-refractivity contribution in [2.75, 3.05) is 0 Å². The van der Waals surface area contributed by atoms with E-state index in [1.807, 2.05) is 35.8 Å². The molecule has 0 atom stereocenters. The van der Waals surface area contributed by atoms with Gasteiger partial charge >= 0.3 is 0 Å². The Morgan fingerprint density at radius 3 is 2.26 bits per heavy atom. The Labute approximate surface area is 134 Å². The number of fused-ring (bicyclic) bond motifs is 1. The van der Waals surface area contributed by atoms with Gasteiger partial charge in [-0.25, -0.2) is 0 Å². The maximum atomic E-state index is 11.0. The number of aromatic nitrogens is 1. The molecule has 0 aliphatic heterocycles. The zero-order chi connectivity index (χ0) is 16.6.